The van der Waals surface area contributed by atoms with Gasteiger partial charge in [-0.1, -0.05) is 94.9 Å². The standard InChI is InChI=1S/C51H74N4O11/c1-5-8-9-10-11-12-13-14-15-18-29-52-49(58)65-40-27-28-45-43(34-40)47-41(22-17-20-31-57)38(21-16-19-30-56)33-42-44(53-64-36-37-23-25-39(26-24-37)55(60)61)35-46(54(4)50(59)62-7-3)51(66-45,48(42)47)63-32-6-2/h6,23-28,33-34,38,41,46-48,56-57H,2,5,7-22,29-32,35-36H2,1,3-4H3,(H,52,58). The number of non-ortho nitro benzene ring substituents is 1. The molecule has 0 bridgehead atoms. The first-order chi connectivity index (χ1) is 32.1. The smallest absolute Gasteiger partial charge is 0.412 e. The maximum atomic E-state index is 13.7. The van der Waals surface area contributed by atoms with Gasteiger partial charge in [-0.2, -0.15) is 0 Å². The van der Waals surface area contributed by atoms with Crippen molar-refractivity contribution < 1.29 is 48.5 Å². The van der Waals surface area contributed by atoms with Crippen molar-refractivity contribution in [3.8, 4) is 11.5 Å². The lowest BCUT2D eigenvalue weighted by Gasteiger charge is -2.59. The minimum Gasteiger partial charge on any atom is -0.459 e. The number of oxime groups is 1. The summed E-state index contributed by atoms with van der Waals surface area (Å²) in [5.74, 6) is -1.54. The van der Waals surface area contributed by atoms with Crippen LogP contribution >= 0.6 is 0 Å². The van der Waals surface area contributed by atoms with E-state index in [4.69, 9.17) is 28.9 Å². The summed E-state index contributed by atoms with van der Waals surface area (Å²) in [7, 11) is 1.66. The highest BCUT2D eigenvalue weighted by Gasteiger charge is 2.65. The summed E-state index contributed by atoms with van der Waals surface area (Å²) in [5, 5.41) is 38.8. The molecule has 15 heteroatoms. The van der Waals surface area contributed by atoms with Crippen molar-refractivity contribution in [3.05, 3.63) is 88.0 Å². The highest BCUT2D eigenvalue weighted by molar-refractivity contribution is 6.03. The summed E-state index contributed by atoms with van der Waals surface area (Å²) in [6.07, 6.45) is 19.1. The third-order valence-corrected chi connectivity index (χ3v) is 13.2. The Hall–Kier alpha value is -4.99. The number of nitrogens with one attached hydrogen (secondary N) is 1. The Bertz CT molecular complexity index is 1920. The zero-order chi connectivity index (χ0) is 47.3. The van der Waals surface area contributed by atoms with Crippen molar-refractivity contribution in [2.75, 3.05) is 40.0 Å². The molecule has 364 valence electrons. The summed E-state index contributed by atoms with van der Waals surface area (Å²) in [4.78, 5) is 45.4. The number of nitro groups is 1. The molecule has 0 aromatic heterocycles. The summed E-state index contributed by atoms with van der Waals surface area (Å²) >= 11 is 0. The molecule has 1 saturated carbocycles. The first-order valence-electron chi connectivity index (χ1n) is 24.4. The number of ether oxygens (including phenoxy) is 4. The fraction of sp³-hybridized carbons (Fsp3) is 0.627. The van der Waals surface area contributed by atoms with E-state index in [1.807, 2.05) is 6.07 Å². The predicted molar refractivity (Wildman–Crippen MR) is 253 cm³/mol. The predicted octanol–water partition coefficient (Wildman–Crippen LogP) is 10.5. The van der Waals surface area contributed by atoms with Crippen LogP contribution in [0.2, 0.25) is 0 Å². The molecule has 15 nitrogen and oxygen atoms in total. The van der Waals surface area contributed by atoms with Gasteiger partial charge in [-0.15, -0.1) is 6.58 Å². The maximum Gasteiger partial charge on any atom is 0.412 e. The molecule has 0 saturated heterocycles. The Morgan fingerprint density at radius 2 is 1.64 bits per heavy atom. The highest BCUT2D eigenvalue weighted by atomic mass is 16.7. The van der Waals surface area contributed by atoms with Gasteiger partial charge in [0.05, 0.1) is 29.8 Å². The number of allylic oxidation sites excluding steroid dienone is 1. The molecule has 2 amide bonds. The van der Waals surface area contributed by atoms with E-state index in [-0.39, 0.29) is 62.9 Å². The number of carbonyl (C=O) groups excluding carboxylic acids is 2. The molecule has 2 aliphatic carbocycles. The van der Waals surface area contributed by atoms with Gasteiger partial charge in [0, 0.05) is 56.8 Å². The van der Waals surface area contributed by atoms with E-state index in [0.29, 0.717) is 42.2 Å². The molecule has 0 spiro atoms. The first-order valence-corrected chi connectivity index (χ1v) is 24.4. The van der Waals surface area contributed by atoms with Crippen LogP contribution in [0.3, 0.4) is 0 Å². The van der Waals surface area contributed by atoms with Crippen LogP contribution in [0.1, 0.15) is 140 Å². The number of rotatable bonds is 29. The van der Waals surface area contributed by atoms with E-state index in [0.717, 1.165) is 56.1 Å². The highest BCUT2D eigenvalue weighted by Crippen LogP contribution is 2.62. The topological polar surface area (TPSA) is 192 Å². The lowest BCUT2D eigenvalue weighted by Crippen LogP contribution is -2.69. The van der Waals surface area contributed by atoms with Gasteiger partial charge in [0.2, 0.25) is 5.79 Å². The molecular weight excluding hydrogens is 845 g/mol. The normalized spacial score (nSPS) is 22.3. The number of benzene rings is 2. The van der Waals surface area contributed by atoms with Crippen LogP contribution in [0, 0.1) is 27.9 Å². The van der Waals surface area contributed by atoms with Gasteiger partial charge in [0.25, 0.3) is 5.69 Å². The zero-order valence-electron chi connectivity index (χ0n) is 39.5. The fourth-order valence-corrected chi connectivity index (χ4v) is 9.99. The Morgan fingerprint density at radius 1 is 0.955 bits per heavy atom. The van der Waals surface area contributed by atoms with Crippen LogP contribution in [-0.4, -0.2) is 89.8 Å². The number of hydrogen-bond donors (Lipinski definition) is 3. The quantitative estimate of drug-likeness (QED) is 0.0304. The Kier molecular flexibility index (Phi) is 21.2. The second kappa shape index (κ2) is 27.0. The average molecular weight is 919 g/mol. The SMILES string of the molecule is C=CCOC12Oc3ccc(OC(=O)NCCCCCCCCCCCC)cc3C3C(CCCCO)C(CCCCO)C=C(C(=NOCc4ccc([N+](=O)[O-])cc4)CC1N(C)C(=O)OCC)C32. The number of aliphatic hydroxyl groups is 2. The van der Waals surface area contributed by atoms with Crippen molar-refractivity contribution in [2.24, 2.45) is 22.9 Å². The number of amides is 2. The molecule has 6 atom stereocenters. The monoisotopic (exact) mass is 919 g/mol. The van der Waals surface area contributed by atoms with Gasteiger partial charge >= 0.3 is 12.2 Å². The second-order valence-electron chi connectivity index (χ2n) is 17.8. The number of likely N-dealkylation sites (N-methyl/N-ethyl adjacent to an activating group) is 1. The minimum atomic E-state index is -1.48. The molecule has 1 heterocycles. The van der Waals surface area contributed by atoms with Gasteiger partial charge < -0.3 is 44.2 Å². The Balaban J connectivity index is 1.52. The lowest BCUT2D eigenvalue weighted by atomic mass is 9.55. The lowest BCUT2D eigenvalue weighted by molar-refractivity contribution is -0.384. The van der Waals surface area contributed by atoms with E-state index in [9.17, 15) is 29.9 Å². The number of unbranched alkanes of at least 4 members (excludes halogenated alkanes) is 11. The molecular formula is C51H74N4O11. The van der Waals surface area contributed by atoms with Crippen LogP contribution in [0.25, 0.3) is 0 Å². The number of aliphatic hydroxyl groups excluding tert-OH is 2. The van der Waals surface area contributed by atoms with Gasteiger partial charge in [-0.25, -0.2) is 9.59 Å². The molecule has 3 N–H and O–H groups in total. The molecule has 1 aliphatic heterocycles. The Morgan fingerprint density at radius 3 is 2.29 bits per heavy atom. The summed E-state index contributed by atoms with van der Waals surface area (Å²) in [6.45, 7) is 8.83. The van der Waals surface area contributed by atoms with Crippen LogP contribution in [0.15, 0.2) is 71.9 Å². The van der Waals surface area contributed by atoms with E-state index in [1.165, 1.54) is 62.0 Å². The molecule has 5 rings (SSSR count). The number of carbonyl (C=O) groups is 2. The van der Waals surface area contributed by atoms with Crippen LogP contribution in [0.5, 0.6) is 11.5 Å². The van der Waals surface area contributed by atoms with Crippen molar-refractivity contribution >= 4 is 23.6 Å². The van der Waals surface area contributed by atoms with E-state index in [1.54, 1.807) is 44.3 Å². The van der Waals surface area contributed by atoms with E-state index < -0.39 is 34.9 Å². The van der Waals surface area contributed by atoms with Crippen LogP contribution < -0.4 is 14.8 Å². The summed E-state index contributed by atoms with van der Waals surface area (Å²) in [5.41, 5.74) is 2.88. The van der Waals surface area contributed by atoms with Crippen molar-refractivity contribution in [2.45, 2.75) is 147 Å². The minimum absolute atomic E-state index is 0.0114. The molecule has 2 aromatic rings. The number of fused-ring (bicyclic) bond motifs is 2. The molecule has 1 fully saturated rings. The molecule has 66 heavy (non-hydrogen) atoms. The van der Waals surface area contributed by atoms with Crippen molar-refractivity contribution in [1.82, 2.24) is 10.2 Å². The summed E-state index contributed by atoms with van der Waals surface area (Å²) < 4.78 is 25.5. The molecule has 3 aliphatic rings. The van der Waals surface area contributed by atoms with Crippen molar-refractivity contribution in [1.29, 1.82) is 0 Å². The van der Waals surface area contributed by atoms with E-state index >= 15 is 0 Å². The number of nitrogens with zero attached hydrogens (tertiary/aromatic N) is 3. The van der Waals surface area contributed by atoms with Crippen molar-refractivity contribution in [3.63, 3.8) is 0 Å². The average Bonchev–Trinajstić information content (AvgIpc) is 3.31. The van der Waals surface area contributed by atoms with Gasteiger partial charge in [0.1, 0.15) is 24.1 Å². The third kappa shape index (κ3) is 13.8. The number of hydrogen-bond acceptors (Lipinski definition) is 12. The molecule has 6 unspecified atom stereocenters. The zero-order valence-corrected chi connectivity index (χ0v) is 39.5. The number of nitro benzene ring substituents is 1. The van der Waals surface area contributed by atoms with Crippen LogP contribution in [0.4, 0.5) is 15.3 Å². The van der Waals surface area contributed by atoms with Gasteiger partial charge in [0.15, 0.2) is 0 Å². The fourth-order valence-electron chi connectivity index (χ4n) is 9.99. The van der Waals surface area contributed by atoms with Crippen LogP contribution in [-0.2, 0) is 20.9 Å². The third-order valence-electron chi connectivity index (χ3n) is 13.2. The Labute approximate surface area is 391 Å². The van der Waals surface area contributed by atoms with Gasteiger partial charge in [-0.3, -0.25) is 10.1 Å². The second-order valence-corrected chi connectivity index (χ2v) is 17.8. The van der Waals surface area contributed by atoms with E-state index in [2.05, 4.69) is 24.9 Å². The summed E-state index contributed by atoms with van der Waals surface area (Å²) in [6, 6.07) is 10.7. The molecule has 0 radical (unpaired) electrons. The maximum absolute atomic E-state index is 13.7. The first kappa shape index (κ1) is 52.0. The largest absolute Gasteiger partial charge is 0.459 e. The van der Waals surface area contributed by atoms with Gasteiger partial charge in [-0.05, 0) is 92.3 Å². The molecule has 2 aromatic carbocycles.